The molecule has 1 saturated carbocycles. The Kier molecular flexibility index (Phi) is 5.80. The van der Waals surface area contributed by atoms with Crippen LogP contribution in [0.25, 0.3) is 0 Å². The third-order valence-corrected chi connectivity index (χ3v) is 3.00. The van der Waals surface area contributed by atoms with Crippen LogP contribution in [-0.4, -0.2) is 27.9 Å². The zero-order valence-corrected chi connectivity index (χ0v) is 12.1. The Labute approximate surface area is 106 Å². The van der Waals surface area contributed by atoms with Crippen molar-refractivity contribution in [2.45, 2.75) is 26.2 Å². The standard InChI is InChI=1S/C10H14O5.Zn/c1-5(11)8-6(9(12)13)3-2-4-7(8)10(14)15;/h6-8H,2-4H2,1H3,(H,12,13)(H,14,15);. The van der Waals surface area contributed by atoms with E-state index in [9.17, 15) is 14.4 Å². The Balaban J connectivity index is 0.00000225. The molecule has 1 fully saturated rings. The molecule has 0 spiro atoms. The summed E-state index contributed by atoms with van der Waals surface area (Å²) in [4.78, 5) is 33.1. The van der Waals surface area contributed by atoms with Gasteiger partial charge in [-0.2, -0.15) is 0 Å². The molecule has 0 saturated heterocycles. The van der Waals surface area contributed by atoms with Gasteiger partial charge in [-0.3, -0.25) is 14.4 Å². The molecule has 0 aromatic carbocycles. The molecule has 0 bridgehead atoms. The summed E-state index contributed by atoms with van der Waals surface area (Å²) < 4.78 is 0. The quantitative estimate of drug-likeness (QED) is 0.745. The monoisotopic (exact) mass is 278 g/mol. The Morgan fingerprint density at radius 2 is 1.38 bits per heavy atom. The molecular weight excluding hydrogens is 265 g/mol. The summed E-state index contributed by atoms with van der Waals surface area (Å²) in [6.45, 7) is 1.27. The van der Waals surface area contributed by atoms with Crippen molar-refractivity contribution in [1.82, 2.24) is 0 Å². The summed E-state index contributed by atoms with van der Waals surface area (Å²) in [7, 11) is 0. The summed E-state index contributed by atoms with van der Waals surface area (Å²) in [5.41, 5.74) is 0. The van der Waals surface area contributed by atoms with E-state index < -0.39 is 29.7 Å². The largest absolute Gasteiger partial charge is 0.481 e. The number of hydrogen-bond donors (Lipinski definition) is 2. The normalized spacial score (nSPS) is 28.9. The average molecular weight is 280 g/mol. The van der Waals surface area contributed by atoms with Crippen LogP contribution >= 0.6 is 0 Å². The van der Waals surface area contributed by atoms with Crippen molar-refractivity contribution in [3.05, 3.63) is 0 Å². The van der Waals surface area contributed by atoms with Gasteiger partial charge >= 0.3 is 11.9 Å². The Hall–Kier alpha value is -0.767. The van der Waals surface area contributed by atoms with Crippen LogP contribution in [0.1, 0.15) is 26.2 Å². The minimum absolute atomic E-state index is 0. The van der Waals surface area contributed by atoms with Crippen LogP contribution < -0.4 is 0 Å². The number of rotatable bonds is 3. The van der Waals surface area contributed by atoms with Crippen molar-refractivity contribution < 1.29 is 44.1 Å². The van der Waals surface area contributed by atoms with Crippen molar-refractivity contribution >= 4 is 17.7 Å². The molecule has 1 aliphatic rings. The second-order valence-corrected chi connectivity index (χ2v) is 3.96. The number of Topliss-reactive ketones (excluding diaryl/α,β-unsaturated/α-hetero) is 1. The van der Waals surface area contributed by atoms with Crippen LogP contribution in [0.2, 0.25) is 0 Å². The molecule has 0 aliphatic heterocycles. The van der Waals surface area contributed by atoms with E-state index in [4.69, 9.17) is 10.2 Å². The van der Waals surface area contributed by atoms with Crippen molar-refractivity contribution in [1.29, 1.82) is 0 Å². The predicted molar refractivity (Wildman–Crippen MR) is 50.3 cm³/mol. The van der Waals surface area contributed by atoms with Gasteiger partial charge < -0.3 is 10.2 Å². The van der Waals surface area contributed by atoms with Crippen LogP contribution in [0.4, 0.5) is 0 Å². The minimum Gasteiger partial charge on any atom is -0.481 e. The zero-order valence-electron chi connectivity index (χ0n) is 9.18. The van der Waals surface area contributed by atoms with Gasteiger partial charge in [-0.15, -0.1) is 0 Å². The van der Waals surface area contributed by atoms with Gasteiger partial charge in [0.05, 0.1) is 11.8 Å². The molecule has 86 valence electrons. The van der Waals surface area contributed by atoms with E-state index in [1.165, 1.54) is 6.92 Å². The van der Waals surface area contributed by atoms with Crippen LogP contribution in [0.5, 0.6) is 0 Å². The molecule has 16 heavy (non-hydrogen) atoms. The minimum atomic E-state index is -1.07. The van der Waals surface area contributed by atoms with E-state index in [-0.39, 0.29) is 25.3 Å². The van der Waals surface area contributed by atoms with E-state index in [0.717, 1.165) is 0 Å². The molecule has 0 heterocycles. The maximum Gasteiger partial charge on any atom is 0.307 e. The third kappa shape index (κ3) is 3.11. The molecular formula is C10H14O5Zn. The zero-order chi connectivity index (χ0) is 11.6. The summed E-state index contributed by atoms with van der Waals surface area (Å²) >= 11 is 0. The van der Waals surface area contributed by atoms with Crippen molar-refractivity contribution in [2.24, 2.45) is 17.8 Å². The Bertz CT molecular complexity index is 280. The molecule has 0 aromatic rings. The molecule has 6 heteroatoms. The van der Waals surface area contributed by atoms with Crippen LogP contribution in [0, 0.1) is 17.8 Å². The summed E-state index contributed by atoms with van der Waals surface area (Å²) in [6, 6.07) is 0. The number of carboxylic acid groups (broad SMARTS) is 2. The van der Waals surface area contributed by atoms with E-state index in [0.29, 0.717) is 19.3 Å². The predicted octanol–water partition coefficient (Wildman–Crippen LogP) is 0.775. The van der Waals surface area contributed by atoms with Gasteiger partial charge in [0, 0.05) is 25.4 Å². The fourth-order valence-electron chi connectivity index (χ4n) is 2.32. The molecule has 1 rings (SSSR count). The molecule has 1 aliphatic carbocycles. The first-order valence-electron chi connectivity index (χ1n) is 4.91. The van der Waals surface area contributed by atoms with E-state index in [2.05, 4.69) is 0 Å². The number of carbonyl (C=O) groups excluding carboxylic acids is 1. The van der Waals surface area contributed by atoms with Gasteiger partial charge in [-0.05, 0) is 19.8 Å². The van der Waals surface area contributed by atoms with Gasteiger partial charge in [0.2, 0.25) is 0 Å². The second kappa shape index (κ2) is 6.09. The van der Waals surface area contributed by atoms with Gasteiger partial charge in [-0.25, -0.2) is 0 Å². The average Bonchev–Trinajstić information content (AvgIpc) is 2.16. The first-order valence-corrected chi connectivity index (χ1v) is 4.91. The Morgan fingerprint density at radius 3 is 1.62 bits per heavy atom. The SMILES string of the molecule is CC(=O)C1C(C(=O)O)CCCC1C(=O)O.[Zn]. The van der Waals surface area contributed by atoms with E-state index >= 15 is 0 Å². The van der Waals surface area contributed by atoms with Gasteiger partial charge in [0.25, 0.3) is 0 Å². The molecule has 0 amide bonds. The van der Waals surface area contributed by atoms with E-state index in [1.54, 1.807) is 0 Å². The number of carbonyl (C=O) groups is 3. The van der Waals surface area contributed by atoms with E-state index in [1.807, 2.05) is 0 Å². The number of ketones is 1. The summed E-state index contributed by atoms with van der Waals surface area (Å²) in [5.74, 6) is -5.01. The maximum absolute atomic E-state index is 11.3. The van der Waals surface area contributed by atoms with Gasteiger partial charge in [0.15, 0.2) is 0 Å². The molecule has 2 N–H and O–H groups in total. The van der Waals surface area contributed by atoms with Crippen LogP contribution in [-0.2, 0) is 33.9 Å². The number of hydrogen-bond acceptors (Lipinski definition) is 3. The summed E-state index contributed by atoms with van der Waals surface area (Å²) in [5, 5.41) is 17.8. The van der Waals surface area contributed by atoms with Crippen molar-refractivity contribution in [2.75, 3.05) is 0 Å². The van der Waals surface area contributed by atoms with Crippen molar-refractivity contribution in [3.63, 3.8) is 0 Å². The Morgan fingerprint density at radius 1 is 1.00 bits per heavy atom. The number of carboxylic acids is 2. The topological polar surface area (TPSA) is 91.7 Å². The summed E-state index contributed by atoms with van der Waals surface area (Å²) in [6.07, 6.45) is 1.34. The molecule has 2 atom stereocenters. The van der Waals surface area contributed by atoms with Gasteiger partial charge in [-0.1, -0.05) is 6.42 Å². The second-order valence-electron chi connectivity index (χ2n) is 3.96. The van der Waals surface area contributed by atoms with Crippen LogP contribution in [0.15, 0.2) is 0 Å². The molecule has 2 unspecified atom stereocenters. The molecule has 0 radical (unpaired) electrons. The first-order chi connectivity index (χ1) is 6.95. The smallest absolute Gasteiger partial charge is 0.307 e. The fourth-order valence-corrected chi connectivity index (χ4v) is 2.32. The number of aliphatic carboxylic acids is 2. The maximum atomic E-state index is 11.3. The molecule has 5 nitrogen and oxygen atoms in total. The third-order valence-electron chi connectivity index (χ3n) is 3.00. The van der Waals surface area contributed by atoms with Crippen LogP contribution in [0.3, 0.4) is 0 Å². The first kappa shape index (κ1) is 15.2. The van der Waals surface area contributed by atoms with Gasteiger partial charge in [0.1, 0.15) is 5.78 Å². The molecule has 0 aromatic heterocycles. The fraction of sp³-hybridized carbons (Fsp3) is 0.700. The van der Waals surface area contributed by atoms with Crippen molar-refractivity contribution in [3.8, 4) is 0 Å².